The first-order valence-electron chi connectivity index (χ1n) is 7.87. The lowest BCUT2D eigenvalue weighted by Crippen LogP contribution is -2.47. The molecule has 0 aliphatic heterocycles. The number of hydrogen-bond donors (Lipinski definition) is 3. The van der Waals surface area contributed by atoms with Crippen LogP contribution >= 0.6 is 35.6 Å². The molecule has 0 aliphatic rings. The van der Waals surface area contributed by atoms with Crippen molar-refractivity contribution in [1.82, 2.24) is 15.4 Å². The molecule has 0 radical (unpaired) electrons. The normalized spacial score (nSPS) is 12.4. The maximum atomic E-state index is 11.4. The van der Waals surface area contributed by atoms with Crippen LogP contribution in [0.1, 0.15) is 26.3 Å². The average molecular weight is 503 g/mol. The molecule has 6 nitrogen and oxygen atoms in total. The Kier molecular flexibility index (Phi) is 10.9. The first kappa shape index (κ1) is 24.4. The summed E-state index contributed by atoms with van der Waals surface area (Å²) < 4.78 is 25.3. The molecule has 1 aromatic rings. The standard InChI is InChI=1S/C16H27ClN4O2S.HI/c1-5-18-15(20-12-16(2,3)21-24(4,22)23)19-11-10-13-6-8-14(17)9-7-13;/h6-9,21H,5,10-12H2,1-4H3,(H2,18,19,20);1H. The fourth-order valence-electron chi connectivity index (χ4n) is 2.13. The van der Waals surface area contributed by atoms with Gasteiger partial charge in [0.2, 0.25) is 10.0 Å². The van der Waals surface area contributed by atoms with E-state index in [0.29, 0.717) is 19.0 Å². The van der Waals surface area contributed by atoms with Crippen molar-refractivity contribution in [1.29, 1.82) is 0 Å². The van der Waals surface area contributed by atoms with Crippen molar-refractivity contribution >= 4 is 51.6 Å². The molecule has 9 heteroatoms. The molecular formula is C16H28ClIN4O2S. The maximum absolute atomic E-state index is 11.4. The van der Waals surface area contributed by atoms with E-state index >= 15 is 0 Å². The lowest BCUT2D eigenvalue weighted by Gasteiger charge is -2.23. The van der Waals surface area contributed by atoms with Gasteiger partial charge >= 0.3 is 0 Å². The van der Waals surface area contributed by atoms with Gasteiger partial charge in [0.05, 0.1) is 12.8 Å². The van der Waals surface area contributed by atoms with E-state index in [1.807, 2.05) is 31.2 Å². The second-order valence-electron chi connectivity index (χ2n) is 6.26. The minimum absolute atomic E-state index is 0. The van der Waals surface area contributed by atoms with E-state index < -0.39 is 15.6 Å². The quantitative estimate of drug-likeness (QED) is 0.290. The average Bonchev–Trinajstić information content (AvgIpc) is 2.44. The van der Waals surface area contributed by atoms with Gasteiger partial charge in [0.25, 0.3) is 0 Å². The molecule has 0 atom stereocenters. The van der Waals surface area contributed by atoms with E-state index in [0.717, 1.165) is 24.2 Å². The highest BCUT2D eigenvalue weighted by Crippen LogP contribution is 2.09. The summed E-state index contributed by atoms with van der Waals surface area (Å²) in [6.07, 6.45) is 1.99. The minimum Gasteiger partial charge on any atom is -0.357 e. The number of guanidine groups is 1. The van der Waals surface area contributed by atoms with Crippen molar-refractivity contribution in [2.75, 3.05) is 25.9 Å². The number of halogens is 2. The lowest BCUT2D eigenvalue weighted by atomic mass is 10.1. The molecule has 1 rings (SSSR count). The number of benzene rings is 1. The van der Waals surface area contributed by atoms with Gasteiger partial charge in [0.1, 0.15) is 0 Å². The van der Waals surface area contributed by atoms with Gasteiger partial charge in [0.15, 0.2) is 5.96 Å². The van der Waals surface area contributed by atoms with E-state index in [4.69, 9.17) is 11.6 Å². The van der Waals surface area contributed by atoms with Gasteiger partial charge in [-0.15, -0.1) is 24.0 Å². The third kappa shape index (κ3) is 11.6. The number of aliphatic imine (C=N–C) groups is 1. The van der Waals surface area contributed by atoms with Crippen molar-refractivity contribution in [3.05, 3.63) is 34.9 Å². The second kappa shape index (κ2) is 11.2. The van der Waals surface area contributed by atoms with Crippen LogP contribution in [-0.4, -0.2) is 45.8 Å². The summed E-state index contributed by atoms with van der Waals surface area (Å²) in [5.41, 5.74) is 0.536. The van der Waals surface area contributed by atoms with Gasteiger partial charge < -0.3 is 10.6 Å². The smallest absolute Gasteiger partial charge is 0.209 e. The first-order chi connectivity index (χ1) is 11.1. The molecule has 0 aliphatic carbocycles. The predicted molar refractivity (Wildman–Crippen MR) is 117 cm³/mol. The third-order valence-corrected chi connectivity index (χ3v) is 4.23. The molecule has 0 saturated heterocycles. The molecule has 0 spiro atoms. The second-order valence-corrected chi connectivity index (χ2v) is 8.44. The van der Waals surface area contributed by atoms with Crippen LogP contribution in [0.3, 0.4) is 0 Å². The highest BCUT2D eigenvalue weighted by molar-refractivity contribution is 14.0. The third-order valence-electron chi connectivity index (χ3n) is 3.06. The fourth-order valence-corrected chi connectivity index (χ4v) is 3.32. The van der Waals surface area contributed by atoms with E-state index in [9.17, 15) is 8.42 Å². The summed E-state index contributed by atoms with van der Waals surface area (Å²) in [6, 6.07) is 7.73. The minimum atomic E-state index is -3.27. The number of hydrogen-bond acceptors (Lipinski definition) is 3. The Morgan fingerprint density at radius 1 is 1.20 bits per heavy atom. The number of nitrogens with one attached hydrogen (secondary N) is 3. The Hall–Kier alpha value is -0.580. The monoisotopic (exact) mass is 502 g/mol. The Morgan fingerprint density at radius 3 is 2.32 bits per heavy atom. The molecule has 1 aromatic carbocycles. The molecule has 0 amide bonds. The predicted octanol–water partition coefficient (Wildman–Crippen LogP) is 2.38. The Labute approximate surface area is 173 Å². The van der Waals surface area contributed by atoms with Crippen molar-refractivity contribution in [3.63, 3.8) is 0 Å². The fraction of sp³-hybridized carbons (Fsp3) is 0.562. The van der Waals surface area contributed by atoms with Crippen LogP contribution in [0.4, 0.5) is 0 Å². The van der Waals surface area contributed by atoms with Crippen LogP contribution in [0.15, 0.2) is 29.3 Å². The van der Waals surface area contributed by atoms with Gasteiger partial charge in [-0.25, -0.2) is 13.1 Å². The summed E-state index contributed by atoms with van der Waals surface area (Å²) in [4.78, 5) is 4.46. The molecule has 144 valence electrons. The molecule has 25 heavy (non-hydrogen) atoms. The van der Waals surface area contributed by atoms with Crippen molar-refractivity contribution in [3.8, 4) is 0 Å². The molecule has 0 unspecified atom stereocenters. The van der Waals surface area contributed by atoms with Gasteiger partial charge in [0, 0.05) is 23.7 Å². The highest BCUT2D eigenvalue weighted by Gasteiger charge is 2.21. The summed E-state index contributed by atoms with van der Waals surface area (Å²) >= 11 is 5.87. The number of nitrogens with zero attached hydrogens (tertiary/aromatic N) is 1. The Balaban J connectivity index is 0.00000576. The summed E-state index contributed by atoms with van der Waals surface area (Å²) in [5, 5.41) is 7.13. The summed E-state index contributed by atoms with van der Waals surface area (Å²) in [7, 11) is -3.27. The molecule has 0 fully saturated rings. The van der Waals surface area contributed by atoms with E-state index in [1.54, 1.807) is 13.8 Å². The van der Waals surface area contributed by atoms with Crippen LogP contribution < -0.4 is 15.4 Å². The van der Waals surface area contributed by atoms with Crippen molar-refractivity contribution < 1.29 is 8.42 Å². The first-order valence-corrected chi connectivity index (χ1v) is 10.1. The zero-order valence-corrected chi connectivity index (χ0v) is 19.0. The SMILES string of the molecule is CCNC(=NCC(C)(C)NS(C)(=O)=O)NCCc1ccc(Cl)cc1.I. The summed E-state index contributed by atoms with van der Waals surface area (Å²) in [5.74, 6) is 0.662. The Morgan fingerprint density at radius 2 is 1.80 bits per heavy atom. The zero-order valence-electron chi connectivity index (χ0n) is 15.1. The van der Waals surface area contributed by atoms with E-state index in [-0.39, 0.29) is 24.0 Å². The summed E-state index contributed by atoms with van der Waals surface area (Å²) in [6.45, 7) is 7.36. The van der Waals surface area contributed by atoms with E-state index in [1.165, 1.54) is 5.56 Å². The van der Waals surface area contributed by atoms with Crippen LogP contribution in [0.2, 0.25) is 5.02 Å². The Bertz CT molecular complexity index is 649. The topological polar surface area (TPSA) is 82.6 Å². The molecule has 0 saturated carbocycles. The largest absolute Gasteiger partial charge is 0.357 e. The van der Waals surface area contributed by atoms with E-state index in [2.05, 4.69) is 20.3 Å². The van der Waals surface area contributed by atoms with Gasteiger partial charge in [-0.05, 0) is 44.9 Å². The number of rotatable bonds is 8. The van der Waals surface area contributed by atoms with Crippen molar-refractivity contribution in [2.24, 2.45) is 4.99 Å². The van der Waals surface area contributed by atoms with Crippen LogP contribution in [0.25, 0.3) is 0 Å². The van der Waals surface area contributed by atoms with Crippen LogP contribution in [-0.2, 0) is 16.4 Å². The molecule has 0 heterocycles. The van der Waals surface area contributed by atoms with Gasteiger partial charge in [-0.2, -0.15) is 0 Å². The molecular weight excluding hydrogens is 475 g/mol. The maximum Gasteiger partial charge on any atom is 0.209 e. The van der Waals surface area contributed by atoms with Gasteiger partial charge in [-0.3, -0.25) is 4.99 Å². The number of sulfonamides is 1. The molecule has 0 bridgehead atoms. The van der Waals surface area contributed by atoms with Crippen LogP contribution in [0, 0.1) is 0 Å². The highest BCUT2D eigenvalue weighted by atomic mass is 127. The van der Waals surface area contributed by atoms with Crippen molar-refractivity contribution in [2.45, 2.75) is 32.7 Å². The van der Waals surface area contributed by atoms with Crippen LogP contribution in [0.5, 0.6) is 0 Å². The zero-order chi connectivity index (χ0) is 18.2. The molecule has 0 aromatic heterocycles. The van der Waals surface area contributed by atoms with Gasteiger partial charge in [-0.1, -0.05) is 23.7 Å². The molecule has 3 N–H and O–H groups in total. The lowest BCUT2D eigenvalue weighted by molar-refractivity contribution is 0.464.